The van der Waals surface area contributed by atoms with Gasteiger partial charge in [-0.15, -0.1) is 0 Å². The molecule has 0 saturated carbocycles. The molecule has 26 heavy (non-hydrogen) atoms. The number of rotatable bonds is 6. The summed E-state index contributed by atoms with van der Waals surface area (Å²) in [6.07, 6.45) is 0. The second kappa shape index (κ2) is 7.63. The Labute approximate surface area is 155 Å². The highest BCUT2D eigenvalue weighted by Gasteiger charge is 2.18. The summed E-state index contributed by atoms with van der Waals surface area (Å²) in [6, 6.07) is 21.9. The summed E-state index contributed by atoms with van der Waals surface area (Å²) in [6.45, 7) is 0. The molecule has 5 nitrogen and oxygen atoms in total. The standard InChI is InChI=1S/C19H15NO4S2/c21-19(22)14-7-6-10-16(13-14)26(23,24)20-17-11-4-5-12-18(17)25-15-8-2-1-3-9-15/h1-13,20H,(H,21,22). The van der Waals surface area contributed by atoms with Crippen LogP contribution in [0.3, 0.4) is 0 Å². The number of hydrogen-bond donors (Lipinski definition) is 2. The highest BCUT2D eigenvalue weighted by atomic mass is 32.2. The van der Waals surface area contributed by atoms with Crippen molar-refractivity contribution >= 4 is 33.4 Å². The topological polar surface area (TPSA) is 83.5 Å². The summed E-state index contributed by atoms with van der Waals surface area (Å²) in [5, 5.41) is 9.05. The Kier molecular flexibility index (Phi) is 5.29. The minimum absolute atomic E-state index is 0.0835. The lowest BCUT2D eigenvalue weighted by Gasteiger charge is -2.12. The molecule has 7 heteroatoms. The Balaban J connectivity index is 1.91. The molecule has 0 unspecified atom stereocenters. The predicted octanol–water partition coefficient (Wildman–Crippen LogP) is 4.34. The molecule has 3 aromatic rings. The van der Waals surface area contributed by atoms with Crippen molar-refractivity contribution in [3.05, 3.63) is 84.4 Å². The van der Waals surface area contributed by atoms with Gasteiger partial charge in [-0.3, -0.25) is 4.72 Å². The van der Waals surface area contributed by atoms with Crippen molar-refractivity contribution in [1.82, 2.24) is 0 Å². The Morgan fingerprint density at radius 2 is 1.58 bits per heavy atom. The van der Waals surface area contributed by atoms with Crippen molar-refractivity contribution in [3.8, 4) is 0 Å². The van der Waals surface area contributed by atoms with Crippen LogP contribution in [-0.2, 0) is 10.0 Å². The minimum Gasteiger partial charge on any atom is -0.478 e. The molecule has 0 aromatic heterocycles. The Morgan fingerprint density at radius 3 is 2.31 bits per heavy atom. The Bertz CT molecular complexity index is 1030. The number of benzene rings is 3. The van der Waals surface area contributed by atoms with Gasteiger partial charge >= 0.3 is 5.97 Å². The van der Waals surface area contributed by atoms with Gasteiger partial charge in [0.2, 0.25) is 0 Å². The van der Waals surface area contributed by atoms with Crippen LogP contribution in [0.4, 0.5) is 5.69 Å². The Hall–Kier alpha value is -2.77. The molecule has 0 saturated heterocycles. The monoisotopic (exact) mass is 385 g/mol. The average Bonchev–Trinajstić information content (AvgIpc) is 2.64. The molecule has 0 radical (unpaired) electrons. The van der Waals surface area contributed by atoms with Crippen molar-refractivity contribution < 1.29 is 18.3 Å². The lowest BCUT2D eigenvalue weighted by Crippen LogP contribution is -2.14. The number of sulfonamides is 1. The molecular formula is C19H15NO4S2. The summed E-state index contributed by atoms with van der Waals surface area (Å²) < 4.78 is 27.9. The molecule has 0 bridgehead atoms. The summed E-state index contributed by atoms with van der Waals surface area (Å²) in [7, 11) is -3.91. The highest BCUT2D eigenvalue weighted by molar-refractivity contribution is 7.99. The first-order valence-electron chi connectivity index (χ1n) is 7.64. The second-order valence-corrected chi connectivity index (χ2v) is 8.15. The zero-order chi connectivity index (χ0) is 18.6. The van der Waals surface area contributed by atoms with Crippen LogP contribution < -0.4 is 4.72 Å². The second-order valence-electron chi connectivity index (χ2n) is 5.35. The minimum atomic E-state index is -3.91. The summed E-state index contributed by atoms with van der Waals surface area (Å²) in [4.78, 5) is 12.7. The maximum atomic E-state index is 12.7. The third-order valence-electron chi connectivity index (χ3n) is 3.49. The van der Waals surface area contributed by atoms with Crippen LogP contribution in [0.15, 0.2) is 93.5 Å². The van der Waals surface area contributed by atoms with Crippen molar-refractivity contribution in [2.45, 2.75) is 14.7 Å². The van der Waals surface area contributed by atoms with E-state index in [-0.39, 0.29) is 10.5 Å². The summed E-state index contributed by atoms with van der Waals surface area (Å²) in [5.41, 5.74) is 0.349. The molecule has 3 rings (SSSR count). The maximum absolute atomic E-state index is 12.7. The fourth-order valence-corrected chi connectivity index (χ4v) is 4.37. The fraction of sp³-hybridized carbons (Fsp3) is 0. The normalized spacial score (nSPS) is 11.1. The molecule has 0 aliphatic carbocycles. The molecule has 0 fully saturated rings. The van der Waals surface area contributed by atoms with Gasteiger partial charge in [0.1, 0.15) is 0 Å². The first-order chi connectivity index (χ1) is 12.5. The van der Waals surface area contributed by atoms with E-state index in [2.05, 4.69) is 4.72 Å². The average molecular weight is 385 g/mol. The smallest absolute Gasteiger partial charge is 0.335 e. The fourth-order valence-electron chi connectivity index (χ4n) is 2.26. The van der Waals surface area contributed by atoms with Crippen molar-refractivity contribution in [2.75, 3.05) is 4.72 Å². The molecule has 132 valence electrons. The molecular weight excluding hydrogens is 370 g/mol. The summed E-state index contributed by atoms with van der Waals surface area (Å²) >= 11 is 1.44. The first-order valence-corrected chi connectivity index (χ1v) is 9.94. The SMILES string of the molecule is O=C(O)c1cccc(S(=O)(=O)Nc2ccccc2Sc2ccccc2)c1. The van der Waals surface area contributed by atoms with Gasteiger partial charge in [0.15, 0.2) is 0 Å². The number of aromatic carboxylic acids is 1. The quantitative estimate of drug-likeness (QED) is 0.660. The number of para-hydroxylation sites is 1. The number of anilines is 1. The van der Waals surface area contributed by atoms with Crippen LogP contribution in [0.5, 0.6) is 0 Å². The number of carbonyl (C=O) groups is 1. The molecule has 2 N–H and O–H groups in total. The van der Waals surface area contributed by atoms with Gasteiger partial charge < -0.3 is 5.11 Å². The molecule has 3 aromatic carbocycles. The van der Waals surface area contributed by atoms with E-state index < -0.39 is 16.0 Å². The van der Waals surface area contributed by atoms with Gasteiger partial charge in [0.05, 0.1) is 16.1 Å². The first kappa shape index (κ1) is 18.0. The number of hydrogen-bond acceptors (Lipinski definition) is 4. The van der Waals surface area contributed by atoms with Crippen molar-refractivity contribution in [1.29, 1.82) is 0 Å². The zero-order valence-electron chi connectivity index (χ0n) is 13.5. The van der Waals surface area contributed by atoms with Crippen LogP contribution in [-0.4, -0.2) is 19.5 Å². The van der Waals surface area contributed by atoms with E-state index in [4.69, 9.17) is 5.11 Å². The number of carboxylic acid groups (broad SMARTS) is 1. The zero-order valence-corrected chi connectivity index (χ0v) is 15.1. The van der Waals surface area contributed by atoms with Gasteiger partial charge in [-0.25, -0.2) is 13.2 Å². The molecule has 0 heterocycles. The van der Waals surface area contributed by atoms with Crippen LogP contribution in [0.1, 0.15) is 10.4 Å². The van der Waals surface area contributed by atoms with Crippen molar-refractivity contribution in [2.24, 2.45) is 0 Å². The van der Waals surface area contributed by atoms with E-state index in [1.807, 2.05) is 42.5 Å². The van der Waals surface area contributed by atoms with E-state index in [0.29, 0.717) is 5.69 Å². The van der Waals surface area contributed by atoms with Gasteiger partial charge in [-0.1, -0.05) is 48.2 Å². The predicted molar refractivity (Wildman–Crippen MR) is 101 cm³/mol. The molecule has 0 aliphatic heterocycles. The van der Waals surface area contributed by atoms with E-state index in [0.717, 1.165) is 15.9 Å². The van der Waals surface area contributed by atoms with Gasteiger partial charge in [0, 0.05) is 9.79 Å². The van der Waals surface area contributed by atoms with Crippen molar-refractivity contribution in [3.63, 3.8) is 0 Å². The Morgan fingerprint density at radius 1 is 0.885 bits per heavy atom. The van der Waals surface area contributed by atoms with E-state index in [1.165, 1.54) is 30.0 Å². The molecule has 0 amide bonds. The van der Waals surface area contributed by atoms with Crippen LogP contribution >= 0.6 is 11.8 Å². The third kappa shape index (κ3) is 4.25. The lowest BCUT2D eigenvalue weighted by molar-refractivity contribution is 0.0696. The van der Waals surface area contributed by atoms with Crippen LogP contribution in [0.25, 0.3) is 0 Å². The molecule has 0 spiro atoms. The largest absolute Gasteiger partial charge is 0.478 e. The van der Waals surface area contributed by atoms with Gasteiger partial charge in [0.25, 0.3) is 10.0 Å². The third-order valence-corrected chi connectivity index (χ3v) is 5.94. The number of carboxylic acids is 1. The van der Waals surface area contributed by atoms with E-state index >= 15 is 0 Å². The van der Waals surface area contributed by atoms with Gasteiger partial charge in [-0.2, -0.15) is 0 Å². The lowest BCUT2D eigenvalue weighted by atomic mass is 10.2. The van der Waals surface area contributed by atoms with Crippen LogP contribution in [0.2, 0.25) is 0 Å². The van der Waals surface area contributed by atoms with Gasteiger partial charge in [-0.05, 0) is 42.5 Å². The highest BCUT2D eigenvalue weighted by Crippen LogP contribution is 2.34. The molecule has 0 atom stereocenters. The van der Waals surface area contributed by atoms with E-state index in [1.54, 1.807) is 12.1 Å². The summed E-state index contributed by atoms with van der Waals surface area (Å²) in [5.74, 6) is -1.18. The molecule has 0 aliphatic rings. The van der Waals surface area contributed by atoms with E-state index in [9.17, 15) is 13.2 Å². The number of nitrogens with one attached hydrogen (secondary N) is 1. The van der Waals surface area contributed by atoms with Crippen LogP contribution in [0, 0.1) is 0 Å². The maximum Gasteiger partial charge on any atom is 0.335 e.